The van der Waals surface area contributed by atoms with E-state index in [2.05, 4.69) is 10.3 Å². The summed E-state index contributed by atoms with van der Waals surface area (Å²) in [5, 5.41) is 5.67. The first-order valence-corrected chi connectivity index (χ1v) is 8.67. The minimum atomic E-state index is -0.264. The van der Waals surface area contributed by atoms with E-state index in [0.717, 1.165) is 16.3 Å². The van der Waals surface area contributed by atoms with Crippen LogP contribution in [0.15, 0.2) is 53.9 Å². The molecular weight excluding hydrogens is 339 g/mol. The van der Waals surface area contributed by atoms with E-state index in [-0.39, 0.29) is 11.7 Å². The Bertz CT molecular complexity index is 862. The second kappa shape index (κ2) is 7.90. The number of hydrogen-bond acceptors (Lipinski definition) is 4. The molecule has 0 aliphatic carbocycles. The smallest absolute Gasteiger partial charge is 0.255 e. The van der Waals surface area contributed by atoms with Gasteiger partial charge in [-0.05, 0) is 36.4 Å². The van der Waals surface area contributed by atoms with E-state index in [9.17, 15) is 9.18 Å². The van der Waals surface area contributed by atoms with Crippen LogP contribution in [0.3, 0.4) is 0 Å². The topological polar surface area (TPSA) is 51.2 Å². The van der Waals surface area contributed by atoms with E-state index in [1.54, 1.807) is 37.4 Å². The average Bonchev–Trinajstić information content (AvgIpc) is 3.11. The molecule has 0 radical (unpaired) electrons. The lowest BCUT2D eigenvalue weighted by atomic mass is 10.2. The van der Waals surface area contributed by atoms with Crippen LogP contribution in [0, 0.1) is 5.82 Å². The number of benzene rings is 2. The molecule has 25 heavy (non-hydrogen) atoms. The Hall–Kier alpha value is -2.73. The molecule has 128 valence electrons. The van der Waals surface area contributed by atoms with Crippen molar-refractivity contribution in [3.05, 3.63) is 71.0 Å². The lowest BCUT2D eigenvalue weighted by Crippen LogP contribution is -2.26. The van der Waals surface area contributed by atoms with Gasteiger partial charge in [0.25, 0.3) is 5.91 Å². The normalized spacial score (nSPS) is 10.5. The van der Waals surface area contributed by atoms with E-state index in [0.29, 0.717) is 24.3 Å². The van der Waals surface area contributed by atoms with Crippen molar-refractivity contribution in [3.63, 3.8) is 0 Å². The molecule has 0 bridgehead atoms. The van der Waals surface area contributed by atoms with Gasteiger partial charge in [-0.25, -0.2) is 9.37 Å². The zero-order valence-corrected chi connectivity index (χ0v) is 14.5. The molecule has 3 aromatic rings. The summed E-state index contributed by atoms with van der Waals surface area (Å²) >= 11 is 1.50. The zero-order chi connectivity index (χ0) is 17.6. The highest BCUT2D eigenvalue weighted by Crippen LogP contribution is 2.24. The van der Waals surface area contributed by atoms with Gasteiger partial charge in [0.2, 0.25) is 0 Å². The molecule has 0 unspecified atom stereocenters. The van der Waals surface area contributed by atoms with Crippen LogP contribution < -0.4 is 10.1 Å². The number of methoxy groups -OCH3 is 1. The van der Waals surface area contributed by atoms with Gasteiger partial charge in [-0.3, -0.25) is 4.79 Å². The van der Waals surface area contributed by atoms with Crippen molar-refractivity contribution in [1.29, 1.82) is 0 Å². The molecule has 0 atom stereocenters. The Labute approximate surface area is 149 Å². The fraction of sp³-hybridized carbons (Fsp3) is 0.158. The van der Waals surface area contributed by atoms with Crippen molar-refractivity contribution < 1.29 is 13.9 Å². The van der Waals surface area contributed by atoms with E-state index in [1.807, 2.05) is 11.4 Å². The highest BCUT2D eigenvalue weighted by molar-refractivity contribution is 7.13. The third kappa shape index (κ3) is 4.22. The van der Waals surface area contributed by atoms with Crippen LogP contribution in [0.4, 0.5) is 4.39 Å². The number of carbonyl (C=O) groups excluding carboxylic acids is 1. The van der Waals surface area contributed by atoms with Gasteiger partial charge < -0.3 is 10.1 Å². The molecule has 1 heterocycles. The summed E-state index contributed by atoms with van der Waals surface area (Å²) in [5.41, 5.74) is 2.29. The SMILES string of the molecule is COc1ccccc1C(=O)NCCc1csc(-c2ccc(F)cc2)n1. The number of nitrogens with one attached hydrogen (secondary N) is 1. The van der Waals surface area contributed by atoms with Gasteiger partial charge in [-0.2, -0.15) is 0 Å². The first kappa shape index (κ1) is 17.1. The van der Waals surface area contributed by atoms with Crippen molar-refractivity contribution in [2.45, 2.75) is 6.42 Å². The molecule has 4 nitrogen and oxygen atoms in total. The molecule has 3 rings (SSSR count). The van der Waals surface area contributed by atoms with Crippen molar-refractivity contribution in [1.82, 2.24) is 10.3 Å². The quantitative estimate of drug-likeness (QED) is 0.728. The molecule has 0 aliphatic heterocycles. The molecule has 6 heteroatoms. The van der Waals surface area contributed by atoms with Gasteiger partial charge in [-0.15, -0.1) is 11.3 Å². The van der Waals surface area contributed by atoms with E-state index < -0.39 is 0 Å². The Morgan fingerprint density at radius 3 is 2.72 bits per heavy atom. The number of nitrogens with zero attached hydrogens (tertiary/aromatic N) is 1. The van der Waals surface area contributed by atoms with E-state index in [1.165, 1.54) is 23.5 Å². The number of amides is 1. The number of thiazole rings is 1. The van der Waals surface area contributed by atoms with Gasteiger partial charge >= 0.3 is 0 Å². The fourth-order valence-corrected chi connectivity index (χ4v) is 3.24. The molecule has 2 aromatic carbocycles. The summed E-state index contributed by atoms with van der Waals surface area (Å²) in [6, 6.07) is 13.4. The Morgan fingerprint density at radius 1 is 1.20 bits per heavy atom. The van der Waals surface area contributed by atoms with Crippen LogP contribution in [0.25, 0.3) is 10.6 Å². The predicted molar refractivity (Wildman–Crippen MR) is 96.5 cm³/mol. The van der Waals surface area contributed by atoms with Crippen molar-refractivity contribution in [3.8, 4) is 16.3 Å². The van der Waals surface area contributed by atoms with Gasteiger partial charge in [0.15, 0.2) is 0 Å². The molecule has 0 aliphatic rings. The van der Waals surface area contributed by atoms with Crippen LogP contribution in [0.2, 0.25) is 0 Å². The number of halogens is 1. The van der Waals surface area contributed by atoms with Crippen LogP contribution in [-0.2, 0) is 6.42 Å². The lowest BCUT2D eigenvalue weighted by molar-refractivity contribution is 0.0951. The fourth-order valence-electron chi connectivity index (χ4n) is 2.38. The molecule has 1 amide bonds. The van der Waals surface area contributed by atoms with Crippen molar-refractivity contribution in [2.75, 3.05) is 13.7 Å². The minimum Gasteiger partial charge on any atom is -0.496 e. The minimum absolute atomic E-state index is 0.175. The maximum absolute atomic E-state index is 13.0. The van der Waals surface area contributed by atoms with E-state index in [4.69, 9.17) is 4.74 Å². The highest BCUT2D eigenvalue weighted by Gasteiger charge is 2.11. The molecule has 0 saturated carbocycles. The number of ether oxygens (including phenoxy) is 1. The third-order valence-corrected chi connectivity index (χ3v) is 4.60. The number of carbonyl (C=O) groups is 1. The lowest BCUT2D eigenvalue weighted by Gasteiger charge is -2.08. The summed E-state index contributed by atoms with van der Waals surface area (Å²) in [4.78, 5) is 16.8. The number of para-hydroxylation sites is 1. The summed E-state index contributed by atoms with van der Waals surface area (Å²) in [6.45, 7) is 0.476. The number of rotatable bonds is 6. The summed E-state index contributed by atoms with van der Waals surface area (Å²) < 4.78 is 18.2. The van der Waals surface area contributed by atoms with Crippen molar-refractivity contribution in [2.24, 2.45) is 0 Å². The first-order chi connectivity index (χ1) is 12.2. The maximum atomic E-state index is 13.0. The Kier molecular flexibility index (Phi) is 5.40. The van der Waals surface area contributed by atoms with Gasteiger partial charge in [-0.1, -0.05) is 12.1 Å². The maximum Gasteiger partial charge on any atom is 0.255 e. The molecule has 0 saturated heterocycles. The molecule has 0 fully saturated rings. The van der Waals surface area contributed by atoms with Gasteiger partial charge in [0.05, 0.1) is 18.4 Å². The molecule has 0 spiro atoms. The van der Waals surface area contributed by atoms with Crippen LogP contribution in [-0.4, -0.2) is 24.5 Å². The average molecular weight is 356 g/mol. The Morgan fingerprint density at radius 2 is 1.96 bits per heavy atom. The molecular formula is C19H17FN2O2S. The molecule has 1 N–H and O–H groups in total. The summed E-state index contributed by atoms with van der Waals surface area (Å²) in [6.07, 6.45) is 0.624. The second-order valence-corrected chi connectivity index (χ2v) is 6.22. The van der Waals surface area contributed by atoms with E-state index >= 15 is 0 Å². The Balaban J connectivity index is 1.57. The van der Waals surface area contributed by atoms with Gasteiger partial charge in [0, 0.05) is 23.9 Å². The number of hydrogen-bond donors (Lipinski definition) is 1. The monoisotopic (exact) mass is 356 g/mol. The predicted octanol–water partition coefficient (Wildman–Crippen LogP) is 3.93. The van der Waals surface area contributed by atoms with Gasteiger partial charge in [0.1, 0.15) is 16.6 Å². The summed E-state index contributed by atoms with van der Waals surface area (Å²) in [7, 11) is 1.54. The largest absolute Gasteiger partial charge is 0.496 e. The standard InChI is InChI=1S/C19H17FN2O2S/c1-24-17-5-3-2-4-16(17)18(23)21-11-10-15-12-25-19(22-15)13-6-8-14(20)9-7-13/h2-9,12H,10-11H2,1H3,(H,21,23). The number of aromatic nitrogens is 1. The van der Waals surface area contributed by atoms with Crippen LogP contribution in [0.5, 0.6) is 5.75 Å². The molecule has 1 aromatic heterocycles. The summed E-state index contributed by atoms with van der Waals surface area (Å²) in [5.74, 6) is 0.110. The third-order valence-electron chi connectivity index (χ3n) is 3.66. The highest BCUT2D eigenvalue weighted by atomic mass is 32.1. The van der Waals surface area contributed by atoms with Crippen LogP contribution >= 0.6 is 11.3 Å². The second-order valence-electron chi connectivity index (χ2n) is 5.36. The zero-order valence-electron chi connectivity index (χ0n) is 13.7. The first-order valence-electron chi connectivity index (χ1n) is 7.79. The van der Waals surface area contributed by atoms with Crippen molar-refractivity contribution >= 4 is 17.2 Å². The van der Waals surface area contributed by atoms with Crippen LogP contribution in [0.1, 0.15) is 16.1 Å².